The predicted octanol–water partition coefficient (Wildman–Crippen LogP) is 0.791. The van der Waals surface area contributed by atoms with Gasteiger partial charge in [0.15, 0.2) is 16.4 Å². The Labute approximate surface area is 140 Å². The molecule has 0 fully saturated rings. The van der Waals surface area contributed by atoms with Gasteiger partial charge >= 0.3 is 12.0 Å². The smallest absolute Gasteiger partial charge is 0.338 e. The molecule has 132 valence electrons. The van der Waals surface area contributed by atoms with Crippen LogP contribution in [0.3, 0.4) is 0 Å². The number of hydrogen-bond donors (Lipinski definition) is 2. The summed E-state index contributed by atoms with van der Waals surface area (Å²) in [6.07, 6.45) is 1.74. The first-order valence-corrected chi connectivity index (χ1v) is 9.09. The van der Waals surface area contributed by atoms with Crippen LogP contribution in [0.2, 0.25) is 0 Å². The molecule has 0 aliphatic rings. The first-order valence-electron chi connectivity index (χ1n) is 7.20. The average molecular weight is 356 g/mol. The van der Waals surface area contributed by atoms with Crippen molar-refractivity contribution in [1.29, 1.82) is 0 Å². The Morgan fingerprint density at radius 2 is 1.88 bits per heavy atom. The Bertz CT molecular complexity index is 742. The lowest BCUT2D eigenvalue weighted by molar-refractivity contribution is -0.123. The van der Waals surface area contributed by atoms with E-state index in [0.717, 1.165) is 6.26 Å². The van der Waals surface area contributed by atoms with Gasteiger partial charge in [-0.2, -0.15) is 0 Å². The second-order valence-corrected chi connectivity index (χ2v) is 7.14. The number of carbonyl (C=O) groups is 3. The lowest BCUT2D eigenvalue weighted by Crippen LogP contribution is -2.41. The van der Waals surface area contributed by atoms with Gasteiger partial charge < -0.3 is 10.1 Å². The molecule has 0 radical (unpaired) electrons. The van der Waals surface area contributed by atoms with Crippen LogP contribution >= 0.6 is 0 Å². The molecule has 0 atom stereocenters. The molecule has 9 heteroatoms. The number of nitrogens with one attached hydrogen (secondary N) is 2. The van der Waals surface area contributed by atoms with Gasteiger partial charge in [-0.3, -0.25) is 10.1 Å². The molecule has 1 rings (SSSR count). The second kappa shape index (κ2) is 8.44. The zero-order valence-electron chi connectivity index (χ0n) is 13.7. The highest BCUT2D eigenvalue weighted by molar-refractivity contribution is 7.90. The normalized spacial score (nSPS) is 10.8. The molecule has 24 heavy (non-hydrogen) atoms. The van der Waals surface area contributed by atoms with Crippen molar-refractivity contribution in [3.63, 3.8) is 0 Å². The fourth-order valence-corrected chi connectivity index (χ4v) is 2.35. The number of esters is 1. The van der Waals surface area contributed by atoms with Crippen LogP contribution < -0.4 is 10.6 Å². The van der Waals surface area contributed by atoms with Gasteiger partial charge in [-0.25, -0.2) is 18.0 Å². The van der Waals surface area contributed by atoms with Gasteiger partial charge in [0, 0.05) is 12.8 Å². The molecule has 2 N–H and O–H groups in total. The van der Waals surface area contributed by atoms with E-state index < -0.39 is 34.4 Å². The summed E-state index contributed by atoms with van der Waals surface area (Å²) >= 11 is 0. The number of sulfone groups is 1. The van der Waals surface area contributed by atoms with Gasteiger partial charge in [0.1, 0.15) is 0 Å². The van der Waals surface area contributed by atoms with Gasteiger partial charge in [-0.05, 0) is 31.0 Å². The molecule has 0 saturated carbocycles. The summed E-state index contributed by atoms with van der Waals surface area (Å²) in [7, 11) is -3.47. The van der Waals surface area contributed by atoms with E-state index in [1.165, 1.54) is 18.2 Å². The van der Waals surface area contributed by atoms with Gasteiger partial charge in [0.25, 0.3) is 5.91 Å². The van der Waals surface area contributed by atoms with Crippen molar-refractivity contribution in [1.82, 2.24) is 10.6 Å². The molecule has 3 amide bonds. The maximum atomic E-state index is 12.0. The Morgan fingerprint density at radius 3 is 2.46 bits per heavy atom. The first kappa shape index (κ1) is 19.6. The van der Waals surface area contributed by atoms with E-state index in [4.69, 9.17) is 4.74 Å². The van der Waals surface area contributed by atoms with Crippen molar-refractivity contribution in [2.45, 2.75) is 25.2 Å². The van der Waals surface area contributed by atoms with E-state index in [1.807, 2.05) is 12.2 Å². The number of carbonyl (C=O) groups excluding carboxylic acids is 3. The van der Waals surface area contributed by atoms with Gasteiger partial charge in [-0.15, -0.1) is 0 Å². The van der Waals surface area contributed by atoms with Gasteiger partial charge in [0.2, 0.25) is 0 Å². The van der Waals surface area contributed by atoms with Crippen LogP contribution in [0.4, 0.5) is 4.79 Å². The fraction of sp³-hybridized carbons (Fsp3) is 0.400. The van der Waals surface area contributed by atoms with Crippen molar-refractivity contribution in [2.75, 3.05) is 19.4 Å². The monoisotopic (exact) mass is 356 g/mol. The summed E-state index contributed by atoms with van der Waals surface area (Å²) in [6, 6.07) is 3.38. The van der Waals surface area contributed by atoms with Crippen LogP contribution in [0.25, 0.3) is 0 Å². The molecule has 0 aliphatic carbocycles. The van der Waals surface area contributed by atoms with Crippen molar-refractivity contribution >= 4 is 27.7 Å². The van der Waals surface area contributed by atoms with E-state index in [9.17, 15) is 22.8 Å². The maximum Gasteiger partial charge on any atom is 0.338 e. The predicted molar refractivity (Wildman–Crippen MR) is 86.4 cm³/mol. The van der Waals surface area contributed by atoms with Crippen molar-refractivity contribution < 1.29 is 27.5 Å². The highest BCUT2D eigenvalue weighted by Crippen LogP contribution is 2.16. The molecule has 0 bridgehead atoms. The summed E-state index contributed by atoms with van der Waals surface area (Å²) < 4.78 is 27.9. The molecule has 8 nitrogen and oxygen atoms in total. The molecule has 1 aromatic rings. The highest BCUT2D eigenvalue weighted by atomic mass is 32.2. The highest BCUT2D eigenvalue weighted by Gasteiger charge is 2.17. The number of benzene rings is 1. The Hall–Kier alpha value is -2.42. The molecule has 0 saturated heterocycles. The van der Waals surface area contributed by atoms with Crippen molar-refractivity contribution in [3.05, 3.63) is 29.3 Å². The largest absolute Gasteiger partial charge is 0.452 e. The van der Waals surface area contributed by atoms with Gasteiger partial charge in [-0.1, -0.05) is 13.0 Å². The quantitative estimate of drug-likeness (QED) is 0.728. The summed E-state index contributed by atoms with van der Waals surface area (Å²) in [6.45, 7) is 3.23. The number of imide groups is 1. The number of rotatable bonds is 6. The number of hydrogen-bond acceptors (Lipinski definition) is 6. The molecule has 0 unspecified atom stereocenters. The number of aryl methyl sites for hydroxylation is 1. The minimum absolute atomic E-state index is 0.0246. The first-order chi connectivity index (χ1) is 11.1. The molecule has 0 spiro atoms. The zero-order chi connectivity index (χ0) is 18.3. The molecule has 0 heterocycles. The third-order valence-electron chi connectivity index (χ3n) is 2.98. The Balaban J connectivity index is 2.69. The third kappa shape index (κ3) is 5.99. The zero-order valence-corrected chi connectivity index (χ0v) is 14.5. The van der Waals surface area contributed by atoms with Crippen molar-refractivity contribution in [2.24, 2.45) is 0 Å². The molecular formula is C15H20N2O6S. The van der Waals surface area contributed by atoms with Crippen LogP contribution in [0, 0.1) is 6.92 Å². The van der Waals surface area contributed by atoms with Crippen LogP contribution in [0.1, 0.15) is 29.3 Å². The SMILES string of the molecule is CCCNC(=O)NC(=O)COC(=O)c1cc(S(C)(=O)=O)ccc1C. The molecule has 0 aliphatic heterocycles. The fourth-order valence-electron chi connectivity index (χ4n) is 1.71. The number of amides is 3. The van der Waals surface area contributed by atoms with E-state index >= 15 is 0 Å². The van der Waals surface area contributed by atoms with Crippen LogP contribution in [-0.2, 0) is 19.4 Å². The Kier molecular flexibility index (Phi) is 6.90. The number of urea groups is 1. The van der Waals surface area contributed by atoms with Crippen LogP contribution in [-0.4, -0.2) is 45.7 Å². The van der Waals surface area contributed by atoms with E-state index in [1.54, 1.807) is 6.92 Å². The van der Waals surface area contributed by atoms with Crippen LogP contribution in [0.5, 0.6) is 0 Å². The van der Waals surface area contributed by atoms with E-state index in [2.05, 4.69) is 5.32 Å². The average Bonchev–Trinajstić information content (AvgIpc) is 2.49. The lowest BCUT2D eigenvalue weighted by Gasteiger charge is -2.09. The summed E-state index contributed by atoms with van der Waals surface area (Å²) in [5.41, 5.74) is 0.551. The molecular weight excluding hydrogens is 336 g/mol. The third-order valence-corrected chi connectivity index (χ3v) is 4.09. The second-order valence-electron chi connectivity index (χ2n) is 5.13. The maximum absolute atomic E-state index is 12.0. The van der Waals surface area contributed by atoms with E-state index in [-0.39, 0.29) is 10.5 Å². The summed E-state index contributed by atoms with van der Waals surface area (Å²) in [5.74, 6) is -1.63. The van der Waals surface area contributed by atoms with Gasteiger partial charge in [0.05, 0.1) is 10.5 Å². The summed E-state index contributed by atoms with van der Waals surface area (Å²) in [4.78, 5) is 34.8. The minimum atomic E-state index is -3.47. The molecule has 1 aromatic carbocycles. The standard InChI is InChI=1S/C15H20N2O6S/c1-4-7-16-15(20)17-13(18)9-23-14(19)12-8-11(24(3,21)22)6-5-10(12)2/h5-6,8H,4,7,9H2,1-3H3,(H2,16,17,18,20). The van der Waals surface area contributed by atoms with Crippen LogP contribution in [0.15, 0.2) is 23.1 Å². The topological polar surface area (TPSA) is 119 Å². The number of ether oxygens (including phenoxy) is 1. The lowest BCUT2D eigenvalue weighted by atomic mass is 10.1. The van der Waals surface area contributed by atoms with E-state index in [0.29, 0.717) is 18.5 Å². The van der Waals surface area contributed by atoms with Crippen molar-refractivity contribution in [3.8, 4) is 0 Å². The minimum Gasteiger partial charge on any atom is -0.452 e. The summed E-state index contributed by atoms with van der Waals surface area (Å²) in [5, 5.41) is 4.45. The molecule has 0 aromatic heterocycles. The Morgan fingerprint density at radius 1 is 1.21 bits per heavy atom.